The summed E-state index contributed by atoms with van der Waals surface area (Å²) >= 11 is 5.43. The molecule has 0 amide bonds. The van der Waals surface area contributed by atoms with E-state index >= 15 is 0 Å². The Morgan fingerprint density at radius 2 is 2.12 bits per heavy atom. The fourth-order valence-corrected chi connectivity index (χ4v) is 0.546. The summed E-state index contributed by atoms with van der Waals surface area (Å²) in [4.78, 5) is 0. The first kappa shape index (κ1) is 4.37. The minimum absolute atomic E-state index is 0. The average Bonchev–Trinajstić information content (AvgIpc) is 1.87. The summed E-state index contributed by atoms with van der Waals surface area (Å²) in [5.41, 5.74) is 0. The van der Waals surface area contributed by atoms with Crippen LogP contribution < -0.4 is 12.4 Å². The van der Waals surface area contributed by atoms with Crippen molar-refractivity contribution in [3.05, 3.63) is 0 Å². The molecule has 0 atom stereocenters. The highest BCUT2D eigenvalue weighted by Gasteiger charge is 2.02. The van der Waals surface area contributed by atoms with Crippen LogP contribution in [0.4, 0.5) is 0 Å². The van der Waals surface area contributed by atoms with E-state index in [-0.39, 0.29) is 22.8 Å². The van der Waals surface area contributed by atoms with Gasteiger partial charge in [-0.2, -0.15) is 0 Å². The molecule has 0 rings (SSSR count). The molecular formula is C5H13Cl2N. The van der Waals surface area contributed by atoms with E-state index in [2.05, 4.69) is 0 Å². The van der Waals surface area contributed by atoms with Crippen molar-refractivity contribution in [1.82, 2.24) is 0 Å². The van der Waals surface area contributed by atoms with Gasteiger partial charge in [-0.05, 0) is 0 Å². The van der Waals surface area contributed by atoms with Crippen molar-refractivity contribution in [2.75, 3.05) is 33.5 Å². The third-order valence-electron chi connectivity index (χ3n) is 0.566. The van der Waals surface area contributed by atoms with Crippen LogP contribution >= 0.6 is 11.6 Å². The normalized spacial score (nSPS) is 18.5. The summed E-state index contributed by atoms with van der Waals surface area (Å²) in [5, 5.41) is 0. The number of hydrogen-bond donors (Lipinski definition) is 0. The van der Waals surface area contributed by atoms with E-state index in [1.54, 1.807) is 0 Å². The molecule has 0 saturated carbocycles. The zero-order valence-corrected chi connectivity index (χ0v) is 6.28. The summed E-state index contributed by atoms with van der Waals surface area (Å²) in [7, 11) is 1.53. The number of nitrogens with zero attached hydrogens (tertiary/aromatic N) is 1. The van der Waals surface area contributed by atoms with Crippen molar-refractivity contribution in [3.8, 4) is 0 Å². The fraction of sp³-hybridized carbons (Fsp3) is 1.00. The molecule has 52 valence electrons. The van der Waals surface area contributed by atoms with Crippen molar-refractivity contribution in [2.24, 2.45) is 0 Å². The van der Waals surface area contributed by atoms with Gasteiger partial charge in [-0.25, -0.2) is 0 Å². The highest BCUT2D eigenvalue weighted by Crippen LogP contribution is 1.88. The summed E-state index contributed by atoms with van der Waals surface area (Å²) in [6, 6.07) is 0. The molecule has 0 heterocycles. The van der Waals surface area contributed by atoms with Gasteiger partial charge in [-0.3, -0.25) is 0 Å². The van der Waals surface area contributed by atoms with Crippen molar-refractivity contribution >= 4 is 11.6 Å². The van der Waals surface area contributed by atoms with Gasteiger partial charge in [0.15, 0.2) is 0 Å². The van der Waals surface area contributed by atoms with E-state index in [0.717, 1.165) is 0 Å². The molecule has 0 bridgehead atoms. The molecule has 0 aromatic heterocycles. The Labute approximate surface area is 68.2 Å². The molecule has 0 radical (unpaired) electrons. The van der Waals surface area contributed by atoms with E-state index in [1.165, 1.54) is 7.05 Å². The molecule has 0 N–H and O–H groups in total. The van der Waals surface area contributed by atoms with E-state index in [9.17, 15) is 0 Å². The smallest absolute Gasteiger partial charge is 0.0918 e. The number of rotatable bonds is 2. The number of halogens is 2. The van der Waals surface area contributed by atoms with E-state index in [4.69, 9.17) is 17.1 Å². The Hall–Kier alpha value is 0.540. The van der Waals surface area contributed by atoms with Crippen molar-refractivity contribution in [2.45, 2.75) is 0 Å². The van der Waals surface area contributed by atoms with Gasteiger partial charge in [0.05, 0.1) is 39.0 Å². The molecule has 0 aromatic rings. The van der Waals surface area contributed by atoms with E-state index < -0.39 is 14.0 Å². The van der Waals surface area contributed by atoms with Crippen LogP contribution in [0.5, 0.6) is 0 Å². The summed E-state index contributed by atoms with van der Waals surface area (Å²) in [6.07, 6.45) is 0. The first-order valence-electron chi connectivity index (χ1n) is 4.36. The summed E-state index contributed by atoms with van der Waals surface area (Å²) in [6.45, 7) is -2.11. The molecule has 0 spiro atoms. The standard InChI is InChI=1S/C5H13ClN.ClH/c1-7(2,3)5-4-6;/h4-5H2,1-3H3;1H/q+1;/p-1/i1D2,2D2;. The van der Waals surface area contributed by atoms with Gasteiger partial charge in [-0.15, -0.1) is 11.6 Å². The van der Waals surface area contributed by atoms with E-state index in [1.807, 2.05) is 0 Å². The molecule has 0 fully saturated rings. The van der Waals surface area contributed by atoms with Gasteiger partial charge in [0.1, 0.15) is 0 Å². The minimum Gasteiger partial charge on any atom is -1.00 e. The lowest BCUT2D eigenvalue weighted by Crippen LogP contribution is -3.00. The Balaban J connectivity index is 0. The Bertz CT molecular complexity index is 114. The highest BCUT2D eigenvalue weighted by atomic mass is 35.5. The Kier molecular flexibility index (Phi) is 2.42. The van der Waals surface area contributed by atoms with E-state index in [0.29, 0.717) is 6.54 Å². The molecule has 3 heteroatoms. The molecule has 8 heavy (non-hydrogen) atoms. The maximum atomic E-state index is 7.11. The lowest BCUT2D eigenvalue weighted by molar-refractivity contribution is -0.867. The maximum absolute atomic E-state index is 7.11. The second-order valence-corrected chi connectivity index (χ2v) is 2.14. The SMILES string of the molecule is [2H]C([2H])[N+](C)(CCCl)C([2H])[2H].[Cl-]. The van der Waals surface area contributed by atoms with Gasteiger partial charge in [0.25, 0.3) is 0 Å². The minimum atomic E-state index is -1.21. The predicted octanol–water partition coefficient (Wildman–Crippen LogP) is -2.06. The van der Waals surface area contributed by atoms with Gasteiger partial charge in [0, 0.05) is 0 Å². The van der Waals surface area contributed by atoms with Gasteiger partial charge in [-0.1, -0.05) is 0 Å². The molecule has 0 unspecified atom stereocenters. The second-order valence-electron chi connectivity index (χ2n) is 1.76. The zero-order valence-electron chi connectivity index (χ0n) is 8.77. The number of hydrogen-bond acceptors (Lipinski definition) is 0. The molecular weight excluding hydrogens is 145 g/mol. The van der Waals surface area contributed by atoms with Gasteiger partial charge in [0.2, 0.25) is 0 Å². The fourth-order valence-electron chi connectivity index (χ4n) is 0.182. The van der Waals surface area contributed by atoms with Crippen LogP contribution in [-0.4, -0.2) is 38.0 Å². The molecule has 0 aliphatic carbocycles. The van der Waals surface area contributed by atoms with Gasteiger partial charge < -0.3 is 16.9 Å². The summed E-state index contributed by atoms with van der Waals surface area (Å²) < 4.78 is 28.2. The predicted molar refractivity (Wildman–Crippen MR) is 33.6 cm³/mol. The largest absolute Gasteiger partial charge is 1.00 e. The van der Waals surface area contributed by atoms with Crippen molar-refractivity contribution in [3.63, 3.8) is 0 Å². The topological polar surface area (TPSA) is 0 Å². The lowest BCUT2D eigenvalue weighted by atomic mass is 10.6. The van der Waals surface area contributed by atoms with Crippen LogP contribution in [0.2, 0.25) is 0 Å². The number of alkyl halides is 1. The van der Waals surface area contributed by atoms with Crippen molar-refractivity contribution in [1.29, 1.82) is 0 Å². The second kappa shape index (κ2) is 4.42. The molecule has 0 aliphatic heterocycles. The Morgan fingerprint density at radius 1 is 1.62 bits per heavy atom. The van der Waals surface area contributed by atoms with Crippen LogP contribution in [0, 0.1) is 0 Å². The molecule has 0 aliphatic rings. The third-order valence-corrected chi connectivity index (χ3v) is 0.735. The van der Waals surface area contributed by atoms with Crippen LogP contribution in [0.3, 0.4) is 0 Å². The molecule has 1 nitrogen and oxygen atoms in total. The first-order chi connectivity index (χ1) is 4.95. The monoisotopic (exact) mass is 161 g/mol. The van der Waals surface area contributed by atoms with Crippen LogP contribution in [0.1, 0.15) is 5.48 Å². The quantitative estimate of drug-likeness (QED) is 0.323. The first-order valence-corrected chi connectivity index (χ1v) is 2.58. The van der Waals surface area contributed by atoms with Crippen LogP contribution in [0.15, 0.2) is 0 Å². The lowest BCUT2D eigenvalue weighted by Gasteiger charge is -2.21. The summed E-state index contributed by atoms with van der Waals surface area (Å²) in [5.74, 6) is 0.277. The zero-order chi connectivity index (χ0) is 9.07. The molecule has 0 saturated heterocycles. The van der Waals surface area contributed by atoms with Crippen molar-refractivity contribution < 1.29 is 22.4 Å². The Morgan fingerprint density at radius 3 is 2.25 bits per heavy atom. The maximum Gasteiger partial charge on any atom is 0.0918 e. The third kappa shape index (κ3) is 9.74. The van der Waals surface area contributed by atoms with Crippen LogP contribution in [-0.2, 0) is 0 Å². The molecule has 0 aromatic carbocycles. The number of quaternary nitrogens is 1. The average molecular weight is 162 g/mol. The highest BCUT2D eigenvalue weighted by molar-refractivity contribution is 6.17. The van der Waals surface area contributed by atoms with Crippen LogP contribution in [0.25, 0.3) is 0 Å². The van der Waals surface area contributed by atoms with Gasteiger partial charge >= 0.3 is 0 Å².